The summed E-state index contributed by atoms with van der Waals surface area (Å²) < 4.78 is 0. The third-order valence-electron chi connectivity index (χ3n) is 2.14. The Labute approximate surface area is 76.2 Å². The number of hydrogen-bond acceptors (Lipinski definition) is 3. The number of aromatic nitrogens is 3. The topological polar surface area (TPSA) is 67.6 Å². The van der Waals surface area contributed by atoms with Gasteiger partial charge in [0.25, 0.3) is 0 Å². The quantitative estimate of drug-likeness (QED) is 0.694. The van der Waals surface area contributed by atoms with E-state index in [2.05, 4.69) is 28.8 Å². The molecule has 68 valence electrons. The highest BCUT2D eigenvalue weighted by Crippen LogP contribution is 2.24. The lowest BCUT2D eigenvalue weighted by atomic mass is 10.1. The molecule has 0 aromatic carbocycles. The van der Waals surface area contributed by atoms with Crippen molar-refractivity contribution in [1.82, 2.24) is 15.0 Å². The van der Waals surface area contributed by atoms with Crippen molar-refractivity contribution in [2.24, 2.45) is 0 Å². The second kappa shape index (κ2) is 2.73. The Morgan fingerprint density at radius 1 is 1.38 bits per heavy atom. The summed E-state index contributed by atoms with van der Waals surface area (Å²) >= 11 is 0. The second-order valence-electron chi connectivity index (χ2n) is 3.38. The zero-order valence-electron chi connectivity index (χ0n) is 7.70. The lowest BCUT2D eigenvalue weighted by Crippen LogP contribution is -1.93. The number of fused-ring (bicyclic) bond motifs is 1. The van der Waals surface area contributed by atoms with Crippen molar-refractivity contribution >= 4 is 16.9 Å². The lowest BCUT2D eigenvalue weighted by molar-refractivity contribution is 0.872. The monoisotopic (exact) mass is 176 g/mol. The van der Waals surface area contributed by atoms with E-state index in [4.69, 9.17) is 5.73 Å². The fourth-order valence-electron chi connectivity index (χ4n) is 1.42. The standard InChI is InChI=1S/C9H12N4/c1-5(2)6-3-11-8-7(6)12-4-13-9(8)10/h3-5,11H,1-2H3,(H2,10,12,13). The van der Waals surface area contributed by atoms with Crippen LogP contribution in [0.1, 0.15) is 25.3 Å². The molecule has 2 aromatic heterocycles. The van der Waals surface area contributed by atoms with Gasteiger partial charge in [0.05, 0.1) is 5.52 Å². The largest absolute Gasteiger partial charge is 0.382 e. The van der Waals surface area contributed by atoms with E-state index in [9.17, 15) is 0 Å². The number of H-pyrrole nitrogens is 1. The van der Waals surface area contributed by atoms with Crippen LogP contribution in [0.25, 0.3) is 11.0 Å². The maximum absolute atomic E-state index is 5.69. The van der Waals surface area contributed by atoms with Crippen LogP contribution in [0.3, 0.4) is 0 Å². The highest BCUT2D eigenvalue weighted by atomic mass is 14.9. The molecule has 13 heavy (non-hydrogen) atoms. The Bertz CT molecular complexity index is 430. The second-order valence-corrected chi connectivity index (χ2v) is 3.38. The first-order valence-corrected chi connectivity index (χ1v) is 4.27. The van der Waals surface area contributed by atoms with Crippen molar-refractivity contribution in [3.05, 3.63) is 18.1 Å². The molecule has 0 aliphatic carbocycles. The van der Waals surface area contributed by atoms with Crippen molar-refractivity contribution in [2.75, 3.05) is 5.73 Å². The van der Waals surface area contributed by atoms with Crippen LogP contribution in [-0.2, 0) is 0 Å². The van der Waals surface area contributed by atoms with Gasteiger partial charge < -0.3 is 10.7 Å². The van der Waals surface area contributed by atoms with E-state index < -0.39 is 0 Å². The predicted octanol–water partition coefficient (Wildman–Crippen LogP) is 1.66. The van der Waals surface area contributed by atoms with Crippen LogP contribution in [0.4, 0.5) is 5.82 Å². The molecule has 2 heterocycles. The molecule has 4 nitrogen and oxygen atoms in total. The highest BCUT2D eigenvalue weighted by Gasteiger charge is 2.10. The van der Waals surface area contributed by atoms with Crippen molar-refractivity contribution in [2.45, 2.75) is 19.8 Å². The Balaban J connectivity index is 2.75. The molecule has 4 heteroatoms. The molecule has 0 radical (unpaired) electrons. The van der Waals surface area contributed by atoms with E-state index in [0.29, 0.717) is 11.7 Å². The van der Waals surface area contributed by atoms with Gasteiger partial charge in [-0.1, -0.05) is 13.8 Å². The summed E-state index contributed by atoms with van der Waals surface area (Å²) in [5, 5.41) is 0. The molecule has 2 aromatic rings. The molecule has 0 atom stereocenters. The molecule has 0 saturated heterocycles. The summed E-state index contributed by atoms with van der Waals surface area (Å²) in [7, 11) is 0. The van der Waals surface area contributed by atoms with Crippen LogP contribution >= 0.6 is 0 Å². The molecule has 0 bridgehead atoms. The Hall–Kier alpha value is -1.58. The minimum atomic E-state index is 0.447. The first kappa shape index (κ1) is 8.04. The van der Waals surface area contributed by atoms with Gasteiger partial charge >= 0.3 is 0 Å². The van der Waals surface area contributed by atoms with Gasteiger partial charge in [-0.25, -0.2) is 9.97 Å². The smallest absolute Gasteiger partial charge is 0.151 e. The lowest BCUT2D eigenvalue weighted by Gasteiger charge is -2.00. The summed E-state index contributed by atoms with van der Waals surface area (Å²) in [6, 6.07) is 0. The average molecular weight is 176 g/mol. The normalized spacial score (nSPS) is 11.3. The summed E-state index contributed by atoms with van der Waals surface area (Å²) in [6.07, 6.45) is 3.44. The molecule has 2 rings (SSSR count). The molecule has 0 fully saturated rings. The van der Waals surface area contributed by atoms with Crippen molar-refractivity contribution in [3.63, 3.8) is 0 Å². The van der Waals surface area contributed by atoms with E-state index in [1.165, 1.54) is 11.9 Å². The number of nitrogens with two attached hydrogens (primary N) is 1. The fraction of sp³-hybridized carbons (Fsp3) is 0.333. The van der Waals surface area contributed by atoms with Crippen LogP contribution in [0.2, 0.25) is 0 Å². The van der Waals surface area contributed by atoms with Gasteiger partial charge in [0.2, 0.25) is 0 Å². The van der Waals surface area contributed by atoms with Gasteiger partial charge in [0.1, 0.15) is 11.8 Å². The molecule has 3 N–H and O–H groups in total. The van der Waals surface area contributed by atoms with E-state index in [-0.39, 0.29) is 0 Å². The van der Waals surface area contributed by atoms with Crippen LogP contribution in [-0.4, -0.2) is 15.0 Å². The van der Waals surface area contributed by atoms with Gasteiger partial charge in [0, 0.05) is 6.20 Å². The summed E-state index contributed by atoms with van der Waals surface area (Å²) in [5.74, 6) is 0.958. The van der Waals surface area contributed by atoms with Gasteiger partial charge in [-0.05, 0) is 11.5 Å². The molecular formula is C9H12N4. The first-order chi connectivity index (χ1) is 6.20. The Kier molecular flexibility index (Phi) is 1.69. The minimum Gasteiger partial charge on any atom is -0.382 e. The first-order valence-electron chi connectivity index (χ1n) is 4.27. The third-order valence-corrected chi connectivity index (χ3v) is 2.14. The van der Waals surface area contributed by atoms with Gasteiger partial charge in [-0.15, -0.1) is 0 Å². The molecule has 0 amide bonds. The average Bonchev–Trinajstić information content (AvgIpc) is 2.48. The molecule has 0 unspecified atom stereocenters. The number of hydrogen-bond donors (Lipinski definition) is 2. The summed E-state index contributed by atoms with van der Waals surface area (Å²) in [5.41, 5.74) is 8.64. The van der Waals surface area contributed by atoms with Crippen LogP contribution in [0, 0.1) is 0 Å². The molecule has 0 saturated carbocycles. The van der Waals surface area contributed by atoms with E-state index in [1.54, 1.807) is 0 Å². The number of aromatic amines is 1. The van der Waals surface area contributed by atoms with Crippen molar-refractivity contribution in [3.8, 4) is 0 Å². The highest BCUT2D eigenvalue weighted by molar-refractivity contribution is 5.87. The van der Waals surface area contributed by atoms with E-state index in [0.717, 1.165) is 11.0 Å². The number of nitrogen functional groups attached to an aromatic ring is 1. The Morgan fingerprint density at radius 3 is 2.85 bits per heavy atom. The number of anilines is 1. The van der Waals surface area contributed by atoms with Gasteiger partial charge in [0.15, 0.2) is 5.82 Å². The van der Waals surface area contributed by atoms with E-state index in [1.807, 2.05) is 6.20 Å². The van der Waals surface area contributed by atoms with Crippen molar-refractivity contribution < 1.29 is 0 Å². The number of nitrogens with zero attached hydrogens (tertiary/aromatic N) is 2. The molecule has 0 spiro atoms. The predicted molar refractivity (Wildman–Crippen MR) is 52.4 cm³/mol. The zero-order chi connectivity index (χ0) is 9.42. The zero-order valence-corrected chi connectivity index (χ0v) is 7.70. The minimum absolute atomic E-state index is 0.447. The van der Waals surface area contributed by atoms with Crippen molar-refractivity contribution in [1.29, 1.82) is 0 Å². The number of rotatable bonds is 1. The summed E-state index contributed by atoms with van der Waals surface area (Å²) in [6.45, 7) is 4.25. The maximum atomic E-state index is 5.69. The molecule has 0 aliphatic rings. The Morgan fingerprint density at radius 2 is 2.15 bits per heavy atom. The molecule has 0 aliphatic heterocycles. The van der Waals surface area contributed by atoms with Crippen LogP contribution < -0.4 is 5.73 Å². The number of nitrogens with one attached hydrogen (secondary N) is 1. The summed E-state index contributed by atoms with van der Waals surface area (Å²) in [4.78, 5) is 11.2. The van der Waals surface area contributed by atoms with Crippen LogP contribution in [0.5, 0.6) is 0 Å². The fourth-order valence-corrected chi connectivity index (χ4v) is 1.42. The molecular weight excluding hydrogens is 164 g/mol. The van der Waals surface area contributed by atoms with E-state index >= 15 is 0 Å². The van der Waals surface area contributed by atoms with Crippen LogP contribution in [0.15, 0.2) is 12.5 Å². The SMILES string of the molecule is CC(C)c1c[nH]c2c(N)ncnc12. The third kappa shape index (κ3) is 1.14. The van der Waals surface area contributed by atoms with Gasteiger partial charge in [-0.2, -0.15) is 0 Å². The maximum Gasteiger partial charge on any atom is 0.151 e. The van der Waals surface area contributed by atoms with Gasteiger partial charge in [-0.3, -0.25) is 0 Å².